The van der Waals surface area contributed by atoms with Gasteiger partial charge in [-0.05, 0) is 16.8 Å². The maximum Gasteiger partial charge on any atom is 0.269 e. The van der Waals surface area contributed by atoms with Gasteiger partial charge in [0.15, 0.2) is 0 Å². The Balaban J connectivity index is 2.04. The van der Waals surface area contributed by atoms with Crippen LogP contribution in [0.4, 0.5) is 0 Å². The van der Waals surface area contributed by atoms with Crippen LogP contribution < -0.4 is 5.56 Å². The van der Waals surface area contributed by atoms with Gasteiger partial charge in [0, 0.05) is 15.6 Å². The first-order chi connectivity index (χ1) is 12.7. The van der Waals surface area contributed by atoms with Crippen LogP contribution in [0.5, 0.6) is 0 Å². The fourth-order valence-electron chi connectivity index (χ4n) is 2.99. The molecular formula is C21H12BrN3O. The Morgan fingerprint density at radius 1 is 0.923 bits per heavy atom. The largest absolute Gasteiger partial charge is 0.305 e. The Morgan fingerprint density at radius 3 is 2.42 bits per heavy atom. The van der Waals surface area contributed by atoms with Gasteiger partial charge in [0.05, 0.1) is 5.69 Å². The highest BCUT2D eigenvalue weighted by Crippen LogP contribution is 2.31. The lowest BCUT2D eigenvalue weighted by atomic mass is 10.0. The molecule has 0 aliphatic carbocycles. The third kappa shape index (κ3) is 2.71. The summed E-state index contributed by atoms with van der Waals surface area (Å²) in [7, 11) is 0. The molecule has 0 radical (unpaired) electrons. The van der Waals surface area contributed by atoms with E-state index in [9.17, 15) is 10.1 Å². The summed E-state index contributed by atoms with van der Waals surface area (Å²) in [5.41, 5.74) is 1.50. The van der Waals surface area contributed by atoms with E-state index < -0.39 is 5.56 Å². The van der Waals surface area contributed by atoms with E-state index in [1.165, 1.54) is 0 Å². The molecule has 5 heteroatoms. The lowest BCUT2D eigenvalue weighted by Crippen LogP contribution is -2.15. The van der Waals surface area contributed by atoms with Crippen LogP contribution in [-0.2, 0) is 0 Å². The van der Waals surface area contributed by atoms with Gasteiger partial charge in [0.25, 0.3) is 5.56 Å². The molecule has 4 rings (SSSR count). The average molecular weight is 402 g/mol. The summed E-state index contributed by atoms with van der Waals surface area (Å²) in [6.07, 6.45) is 0. The maximum atomic E-state index is 12.5. The molecule has 0 aliphatic rings. The lowest BCUT2D eigenvalue weighted by molar-refractivity contribution is 1.12. The summed E-state index contributed by atoms with van der Waals surface area (Å²) in [6.45, 7) is 0. The van der Waals surface area contributed by atoms with Gasteiger partial charge in [-0.15, -0.1) is 0 Å². The van der Waals surface area contributed by atoms with E-state index >= 15 is 0 Å². The fraction of sp³-hybridized carbons (Fsp3) is 0. The van der Waals surface area contributed by atoms with Gasteiger partial charge in [-0.3, -0.25) is 4.79 Å². The average Bonchev–Trinajstić information content (AvgIpc) is 2.68. The number of hydrogen-bond donors (Lipinski definition) is 1. The number of aromatic nitrogens is 2. The van der Waals surface area contributed by atoms with Crippen molar-refractivity contribution in [3.63, 3.8) is 0 Å². The highest BCUT2D eigenvalue weighted by Gasteiger charge is 2.15. The van der Waals surface area contributed by atoms with Crippen LogP contribution in [0, 0.1) is 11.3 Å². The summed E-state index contributed by atoms with van der Waals surface area (Å²) in [4.78, 5) is 19.9. The van der Waals surface area contributed by atoms with Crippen LogP contribution in [0.1, 0.15) is 5.56 Å². The van der Waals surface area contributed by atoms with E-state index in [0.717, 1.165) is 26.4 Å². The Kier molecular flexibility index (Phi) is 4.11. The number of fused-ring (bicyclic) bond motifs is 1. The number of nitrogens with one attached hydrogen (secondary N) is 1. The number of rotatable bonds is 2. The SMILES string of the molecule is N#Cc1c(-c2ccccc2)nc(-c2cccc3c(Br)cccc23)[nH]c1=O. The second-order valence-electron chi connectivity index (χ2n) is 5.76. The Labute approximate surface area is 157 Å². The highest BCUT2D eigenvalue weighted by atomic mass is 79.9. The number of benzene rings is 3. The van der Waals surface area contributed by atoms with Crippen LogP contribution in [0.15, 0.2) is 76.0 Å². The predicted molar refractivity (Wildman–Crippen MR) is 106 cm³/mol. The summed E-state index contributed by atoms with van der Waals surface area (Å²) in [6, 6.07) is 23.0. The molecule has 0 saturated heterocycles. The number of nitrogens with zero attached hydrogens (tertiary/aromatic N) is 2. The number of halogens is 1. The van der Waals surface area contributed by atoms with Gasteiger partial charge in [-0.25, -0.2) is 4.98 Å². The van der Waals surface area contributed by atoms with Gasteiger partial charge in [-0.1, -0.05) is 76.6 Å². The van der Waals surface area contributed by atoms with Crippen molar-refractivity contribution in [1.82, 2.24) is 9.97 Å². The van der Waals surface area contributed by atoms with Gasteiger partial charge < -0.3 is 4.98 Å². The topological polar surface area (TPSA) is 69.5 Å². The van der Waals surface area contributed by atoms with E-state index in [1.807, 2.05) is 72.8 Å². The Bertz CT molecular complexity index is 1220. The molecule has 0 spiro atoms. The number of H-pyrrole nitrogens is 1. The number of hydrogen-bond acceptors (Lipinski definition) is 3. The van der Waals surface area contributed by atoms with E-state index in [-0.39, 0.29) is 5.56 Å². The van der Waals surface area contributed by atoms with E-state index in [1.54, 1.807) is 0 Å². The number of nitriles is 1. The molecule has 0 amide bonds. The molecule has 3 aromatic carbocycles. The summed E-state index contributed by atoms with van der Waals surface area (Å²) in [5, 5.41) is 11.4. The molecule has 0 unspecified atom stereocenters. The zero-order valence-corrected chi connectivity index (χ0v) is 15.1. The molecule has 0 aliphatic heterocycles. The lowest BCUT2D eigenvalue weighted by Gasteiger charge is -2.10. The monoisotopic (exact) mass is 401 g/mol. The molecule has 0 atom stereocenters. The number of aromatic amines is 1. The highest BCUT2D eigenvalue weighted by molar-refractivity contribution is 9.10. The summed E-state index contributed by atoms with van der Waals surface area (Å²) >= 11 is 3.56. The molecule has 4 nitrogen and oxygen atoms in total. The van der Waals surface area contributed by atoms with Crippen molar-refractivity contribution in [3.8, 4) is 28.7 Å². The van der Waals surface area contributed by atoms with Gasteiger partial charge >= 0.3 is 0 Å². The van der Waals surface area contributed by atoms with Crippen molar-refractivity contribution in [2.75, 3.05) is 0 Å². The molecular weight excluding hydrogens is 390 g/mol. The molecule has 1 heterocycles. The first kappa shape index (κ1) is 16.2. The van der Waals surface area contributed by atoms with Crippen LogP contribution in [-0.4, -0.2) is 9.97 Å². The zero-order chi connectivity index (χ0) is 18.1. The van der Waals surface area contributed by atoms with Crippen molar-refractivity contribution in [2.45, 2.75) is 0 Å². The molecule has 0 fully saturated rings. The standard InChI is InChI=1S/C21H12BrN3O/c22-18-11-5-8-14-15(18)9-4-10-16(14)20-24-19(13-6-2-1-3-7-13)17(12-23)21(26)25-20/h1-11H,(H,24,25,26). The Morgan fingerprint density at radius 2 is 1.65 bits per heavy atom. The van der Waals surface area contributed by atoms with Gasteiger partial charge in [0.2, 0.25) is 0 Å². The van der Waals surface area contributed by atoms with Crippen LogP contribution >= 0.6 is 15.9 Å². The third-order valence-corrected chi connectivity index (χ3v) is 4.89. The summed E-state index contributed by atoms with van der Waals surface area (Å²) < 4.78 is 0.969. The van der Waals surface area contributed by atoms with E-state index in [2.05, 4.69) is 25.9 Å². The molecule has 124 valence electrons. The van der Waals surface area contributed by atoms with Crippen LogP contribution in [0.2, 0.25) is 0 Å². The fourth-order valence-corrected chi connectivity index (χ4v) is 3.49. The van der Waals surface area contributed by atoms with E-state index in [0.29, 0.717) is 11.5 Å². The minimum atomic E-state index is -0.441. The Hall–Kier alpha value is -3.23. The van der Waals surface area contributed by atoms with Crippen molar-refractivity contribution in [3.05, 3.63) is 87.1 Å². The van der Waals surface area contributed by atoms with Crippen molar-refractivity contribution < 1.29 is 0 Å². The van der Waals surface area contributed by atoms with Gasteiger partial charge in [0.1, 0.15) is 17.5 Å². The predicted octanol–water partition coefficient (Wildman–Crippen LogP) is 4.89. The summed E-state index contributed by atoms with van der Waals surface area (Å²) in [5.74, 6) is 0.441. The molecule has 1 aromatic heterocycles. The molecule has 0 bridgehead atoms. The van der Waals surface area contributed by atoms with Crippen LogP contribution in [0.3, 0.4) is 0 Å². The first-order valence-corrected chi connectivity index (χ1v) is 8.76. The smallest absolute Gasteiger partial charge is 0.269 e. The molecule has 4 aromatic rings. The molecule has 0 saturated carbocycles. The normalized spacial score (nSPS) is 10.6. The van der Waals surface area contributed by atoms with Crippen molar-refractivity contribution >= 4 is 26.7 Å². The van der Waals surface area contributed by atoms with Crippen LogP contribution in [0.25, 0.3) is 33.4 Å². The second kappa shape index (κ2) is 6.58. The van der Waals surface area contributed by atoms with E-state index in [4.69, 9.17) is 0 Å². The van der Waals surface area contributed by atoms with Crippen molar-refractivity contribution in [2.24, 2.45) is 0 Å². The van der Waals surface area contributed by atoms with Gasteiger partial charge in [-0.2, -0.15) is 5.26 Å². The third-order valence-electron chi connectivity index (χ3n) is 4.20. The maximum absolute atomic E-state index is 12.5. The quantitative estimate of drug-likeness (QED) is 0.519. The molecule has 26 heavy (non-hydrogen) atoms. The minimum absolute atomic E-state index is 0.0152. The molecule has 1 N–H and O–H groups in total. The zero-order valence-electron chi connectivity index (χ0n) is 13.5. The minimum Gasteiger partial charge on any atom is -0.305 e. The van der Waals surface area contributed by atoms with Crippen molar-refractivity contribution in [1.29, 1.82) is 5.26 Å². The second-order valence-corrected chi connectivity index (χ2v) is 6.61. The first-order valence-electron chi connectivity index (χ1n) is 7.96.